The van der Waals surface area contributed by atoms with Gasteiger partial charge in [0, 0.05) is 30.7 Å². The fourth-order valence-electron chi connectivity index (χ4n) is 3.67. The summed E-state index contributed by atoms with van der Waals surface area (Å²) in [7, 11) is 0. The number of carbonyl (C=O) groups excluding carboxylic acids is 1. The largest absolute Gasteiger partial charge is 0.494 e. The van der Waals surface area contributed by atoms with Crippen LogP contribution in [0.5, 0.6) is 5.75 Å². The van der Waals surface area contributed by atoms with E-state index in [1.165, 1.54) is 12.5 Å². The molecule has 1 saturated heterocycles. The van der Waals surface area contributed by atoms with Gasteiger partial charge in [-0.15, -0.1) is 0 Å². The Morgan fingerprint density at radius 2 is 1.93 bits per heavy atom. The predicted octanol–water partition coefficient (Wildman–Crippen LogP) is 4.32. The molecule has 0 aliphatic carbocycles. The number of hydrogen-bond acceptors (Lipinski definition) is 5. The number of nitrogens with one attached hydrogen (secondary N) is 1. The molecule has 3 rings (SSSR count). The summed E-state index contributed by atoms with van der Waals surface area (Å²) in [6.45, 7) is 6.22. The van der Waals surface area contributed by atoms with E-state index in [9.17, 15) is 10.1 Å². The second-order valence-electron chi connectivity index (χ2n) is 7.13. The second-order valence-corrected chi connectivity index (χ2v) is 7.13. The minimum atomic E-state index is -0.0953. The number of nitrogens with zero attached hydrogens (tertiary/aromatic N) is 1. The third kappa shape index (κ3) is 4.35. The Bertz CT molecular complexity index is 862. The number of carbonyl (C=O) groups is 1. The average Bonchev–Trinajstić information content (AvgIpc) is 2.73. The standard InChI is InChI=1S/C23H26N2O3/c1-3-28-21-8-6-20(7-9-21)23(10-12-27-13-11-23)16-25-22-14-18(17(2)26)4-5-19(22)15-24/h4-9,14,25H,3,10-13,16H2,1-2H3. The zero-order valence-corrected chi connectivity index (χ0v) is 16.5. The molecule has 1 N–H and O–H groups in total. The van der Waals surface area contributed by atoms with Crippen molar-refractivity contribution in [2.24, 2.45) is 0 Å². The molecule has 1 aliphatic heterocycles. The van der Waals surface area contributed by atoms with Gasteiger partial charge >= 0.3 is 0 Å². The Balaban J connectivity index is 1.87. The number of anilines is 1. The van der Waals surface area contributed by atoms with Gasteiger partial charge in [-0.25, -0.2) is 0 Å². The van der Waals surface area contributed by atoms with Gasteiger partial charge in [0.1, 0.15) is 11.8 Å². The molecule has 0 saturated carbocycles. The molecule has 0 bridgehead atoms. The van der Waals surface area contributed by atoms with Crippen molar-refractivity contribution in [3.63, 3.8) is 0 Å². The van der Waals surface area contributed by atoms with Crippen molar-refractivity contribution in [2.45, 2.75) is 32.1 Å². The fraction of sp³-hybridized carbons (Fsp3) is 0.391. The van der Waals surface area contributed by atoms with Gasteiger partial charge in [-0.2, -0.15) is 5.26 Å². The molecule has 0 aromatic heterocycles. The van der Waals surface area contributed by atoms with Gasteiger partial charge in [-0.3, -0.25) is 4.79 Å². The lowest BCUT2D eigenvalue weighted by atomic mass is 9.74. The maximum absolute atomic E-state index is 11.7. The van der Waals surface area contributed by atoms with E-state index < -0.39 is 0 Å². The molecule has 28 heavy (non-hydrogen) atoms. The van der Waals surface area contributed by atoms with Crippen LogP contribution in [0.25, 0.3) is 0 Å². The average molecular weight is 378 g/mol. The van der Waals surface area contributed by atoms with Crippen molar-refractivity contribution < 1.29 is 14.3 Å². The number of hydrogen-bond donors (Lipinski definition) is 1. The van der Waals surface area contributed by atoms with Gasteiger partial charge in [-0.05, 0) is 62.6 Å². The van der Waals surface area contributed by atoms with E-state index in [-0.39, 0.29) is 11.2 Å². The number of nitriles is 1. The minimum absolute atomic E-state index is 0.0140. The summed E-state index contributed by atoms with van der Waals surface area (Å²) in [5.41, 5.74) is 2.98. The molecule has 5 heteroatoms. The number of rotatable bonds is 7. The van der Waals surface area contributed by atoms with Gasteiger partial charge in [0.05, 0.1) is 17.9 Å². The zero-order valence-electron chi connectivity index (χ0n) is 16.5. The third-order valence-corrected chi connectivity index (χ3v) is 5.39. The summed E-state index contributed by atoms with van der Waals surface area (Å²) >= 11 is 0. The highest BCUT2D eigenvalue weighted by molar-refractivity contribution is 5.95. The van der Waals surface area contributed by atoms with Gasteiger partial charge in [-0.1, -0.05) is 12.1 Å². The summed E-state index contributed by atoms with van der Waals surface area (Å²) in [6.07, 6.45) is 1.78. The van der Waals surface area contributed by atoms with Gasteiger partial charge in [0.25, 0.3) is 0 Å². The van der Waals surface area contributed by atoms with Gasteiger partial charge < -0.3 is 14.8 Å². The molecule has 146 valence electrons. The molecular weight excluding hydrogens is 352 g/mol. The Morgan fingerprint density at radius 1 is 1.21 bits per heavy atom. The Labute approximate surface area is 166 Å². The Hall–Kier alpha value is -2.84. The first-order valence-electron chi connectivity index (χ1n) is 9.68. The van der Waals surface area contributed by atoms with Crippen molar-refractivity contribution in [1.29, 1.82) is 5.26 Å². The summed E-state index contributed by atoms with van der Waals surface area (Å²) in [6, 6.07) is 15.6. The van der Waals surface area contributed by atoms with E-state index in [1.54, 1.807) is 18.2 Å². The maximum Gasteiger partial charge on any atom is 0.159 e. The van der Waals surface area contributed by atoms with Crippen LogP contribution in [-0.4, -0.2) is 32.1 Å². The molecular formula is C23H26N2O3. The number of ketones is 1. The predicted molar refractivity (Wildman–Crippen MR) is 109 cm³/mol. The molecule has 0 spiro atoms. The van der Waals surface area contributed by atoms with Gasteiger partial charge in [0.2, 0.25) is 0 Å². The van der Waals surface area contributed by atoms with Crippen LogP contribution in [0.15, 0.2) is 42.5 Å². The lowest BCUT2D eigenvalue weighted by Crippen LogP contribution is -2.40. The molecule has 1 heterocycles. The van der Waals surface area contributed by atoms with E-state index in [0.29, 0.717) is 43.2 Å². The summed E-state index contributed by atoms with van der Waals surface area (Å²) < 4.78 is 11.2. The van der Waals surface area contributed by atoms with E-state index in [1.807, 2.05) is 19.1 Å². The molecule has 1 fully saturated rings. The van der Waals surface area contributed by atoms with Crippen LogP contribution in [-0.2, 0) is 10.2 Å². The first kappa shape index (κ1) is 19.9. The molecule has 1 aliphatic rings. The van der Waals surface area contributed by atoms with Crippen LogP contribution >= 0.6 is 0 Å². The highest BCUT2D eigenvalue weighted by Gasteiger charge is 2.34. The summed E-state index contributed by atoms with van der Waals surface area (Å²) in [4.78, 5) is 11.7. The molecule has 0 unspecified atom stereocenters. The first-order valence-corrected chi connectivity index (χ1v) is 9.68. The van der Waals surface area contributed by atoms with E-state index in [0.717, 1.165) is 18.6 Å². The lowest BCUT2D eigenvalue weighted by molar-refractivity contribution is 0.0544. The quantitative estimate of drug-likeness (QED) is 0.727. The van der Waals surface area contributed by atoms with Crippen LogP contribution in [0.2, 0.25) is 0 Å². The molecule has 0 amide bonds. The van der Waals surface area contributed by atoms with Crippen molar-refractivity contribution in [3.8, 4) is 11.8 Å². The number of benzene rings is 2. The van der Waals surface area contributed by atoms with Crippen molar-refractivity contribution >= 4 is 11.5 Å². The van der Waals surface area contributed by atoms with E-state index >= 15 is 0 Å². The Kier molecular flexibility index (Phi) is 6.33. The van der Waals surface area contributed by atoms with Crippen molar-refractivity contribution in [1.82, 2.24) is 0 Å². The van der Waals surface area contributed by atoms with E-state index in [4.69, 9.17) is 9.47 Å². The summed E-state index contributed by atoms with van der Waals surface area (Å²) in [5, 5.41) is 12.9. The van der Waals surface area contributed by atoms with Gasteiger partial charge in [0.15, 0.2) is 5.78 Å². The van der Waals surface area contributed by atoms with Crippen molar-refractivity contribution in [2.75, 3.05) is 31.7 Å². The summed E-state index contributed by atoms with van der Waals surface area (Å²) in [5.74, 6) is 0.849. The SMILES string of the molecule is CCOc1ccc(C2(CNc3cc(C(C)=O)ccc3C#N)CCOCC2)cc1. The number of Topliss-reactive ketones (excluding diaryl/α,β-unsaturated/α-hetero) is 1. The number of ether oxygens (including phenoxy) is 2. The lowest BCUT2D eigenvalue weighted by Gasteiger charge is -2.38. The zero-order chi connectivity index (χ0) is 20.0. The van der Waals surface area contributed by atoms with Crippen LogP contribution in [0.4, 0.5) is 5.69 Å². The monoisotopic (exact) mass is 378 g/mol. The topological polar surface area (TPSA) is 71.3 Å². The maximum atomic E-state index is 11.7. The molecule has 2 aromatic carbocycles. The molecule has 0 radical (unpaired) electrons. The van der Waals surface area contributed by atoms with Crippen molar-refractivity contribution in [3.05, 3.63) is 59.2 Å². The molecule has 5 nitrogen and oxygen atoms in total. The molecule has 0 atom stereocenters. The first-order chi connectivity index (χ1) is 13.6. The van der Waals surface area contributed by atoms with Crippen LogP contribution < -0.4 is 10.1 Å². The van der Waals surface area contributed by atoms with Crippen LogP contribution in [0, 0.1) is 11.3 Å². The minimum Gasteiger partial charge on any atom is -0.494 e. The highest BCUT2D eigenvalue weighted by atomic mass is 16.5. The molecule has 2 aromatic rings. The highest BCUT2D eigenvalue weighted by Crippen LogP contribution is 2.36. The third-order valence-electron chi connectivity index (χ3n) is 5.39. The smallest absolute Gasteiger partial charge is 0.159 e. The second kappa shape index (κ2) is 8.90. The van der Waals surface area contributed by atoms with Crippen LogP contribution in [0.3, 0.4) is 0 Å². The van der Waals surface area contributed by atoms with Crippen LogP contribution in [0.1, 0.15) is 48.2 Å². The van der Waals surface area contributed by atoms with E-state index in [2.05, 4.69) is 23.5 Å². The fourth-order valence-corrected chi connectivity index (χ4v) is 3.67. The normalized spacial score (nSPS) is 15.5. The Morgan fingerprint density at radius 3 is 2.54 bits per heavy atom.